The van der Waals surface area contributed by atoms with Crippen molar-refractivity contribution in [1.29, 1.82) is 0 Å². The summed E-state index contributed by atoms with van der Waals surface area (Å²) in [7, 11) is 0. The number of H-pyrrole nitrogens is 1. The van der Waals surface area contributed by atoms with Crippen LogP contribution in [0.4, 0.5) is 11.5 Å². The van der Waals surface area contributed by atoms with Gasteiger partial charge in [0.15, 0.2) is 5.82 Å². The quantitative estimate of drug-likeness (QED) is 0.735. The Kier molecular flexibility index (Phi) is 3.53. The van der Waals surface area contributed by atoms with E-state index in [4.69, 9.17) is 5.73 Å². The van der Waals surface area contributed by atoms with E-state index in [1.165, 1.54) is 0 Å². The molecular formula is C15H20N4O. The van der Waals surface area contributed by atoms with Gasteiger partial charge in [-0.1, -0.05) is 32.9 Å². The second-order valence-corrected chi connectivity index (χ2v) is 5.91. The monoisotopic (exact) mass is 272 g/mol. The van der Waals surface area contributed by atoms with Crippen LogP contribution < -0.4 is 11.1 Å². The first-order chi connectivity index (χ1) is 9.29. The summed E-state index contributed by atoms with van der Waals surface area (Å²) in [6.07, 6.45) is 0. The largest absolute Gasteiger partial charge is 0.398 e. The number of aromatic amines is 1. The van der Waals surface area contributed by atoms with Gasteiger partial charge >= 0.3 is 0 Å². The van der Waals surface area contributed by atoms with E-state index in [-0.39, 0.29) is 11.3 Å². The van der Waals surface area contributed by atoms with Gasteiger partial charge in [-0.15, -0.1) is 0 Å². The second-order valence-electron chi connectivity index (χ2n) is 5.91. The molecule has 0 bridgehead atoms. The zero-order chi connectivity index (χ0) is 14.9. The highest BCUT2D eigenvalue weighted by molar-refractivity contribution is 6.07. The molecule has 5 heteroatoms. The molecule has 2 aromatic rings. The lowest BCUT2D eigenvalue weighted by atomic mass is 9.92. The Morgan fingerprint density at radius 1 is 1.35 bits per heavy atom. The fourth-order valence-corrected chi connectivity index (χ4v) is 1.83. The van der Waals surface area contributed by atoms with Gasteiger partial charge in [-0.25, -0.2) is 0 Å². The highest BCUT2D eigenvalue weighted by Gasteiger charge is 2.18. The van der Waals surface area contributed by atoms with Crippen LogP contribution in [0, 0.1) is 6.92 Å². The number of anilines is 2. The number of nitrogens with one attached hydrogen (secondary N) is 2. The molecular weight excluding hydrogens is 252 g/mol. The Morgan fingerprint density at radius 3 is 2.65 bits per heavy atom. The third kappa shape index (κ3) is 2.82. The first-order valence-electron chi connectivity index (χ1n) is 6.51. The predicted molar refractivity (Wildman–Crippen MR) is 80.8 cm³/mol. The maximum absolute atomic E-state index is 12.2. The maximum Gasteiger partial charge on any atom is 0.258 e. The number of hydrogen-bond donors (Lipinski definition) is 3. The second kappa shape index (κ2) is 5.00. The topological polar surface area (TPSA) is 83.8 Å². The minimum atomic E-state index is -0.252. The van der Waals surface area contributed by atoms with Gasteiger partial charge in [0.2, 0.25) is 0 Å². The van der Waals surface area contributed by atoms with Crippen molar-refractivity contribution in [3.05, 3.63) is 41.1 Å². The van der Waals surface area contributed by atoms with E-state index in [0.717, 1.165) is 11.3 Å². The summed E-state index contributed by atoms with van der Waals surface area (Å²) < 4.78 is 0. The lowest BCUT2D eigenvalue weighted by molar-refractivity contribution is 0.102. The minimum Gasteiger partial charge on any atom is -0.398 e. The highest BCUT2D eigenvalue weighted by Crippen LogP contribution is 2.23. The maximum atomic E-state index is 12.2. The number of rotatable bonds is 2. The van der Waals surface area contributed by atoms with Crippen LogP contribution in [0.15, 0.2) is 24.3 Å². The van der Waals surface area contributed by atoms with Crippen LogP contribution in [0.3, 0.4) is 0 Å². The first-order valence-corrected chi connectivity index (χ1v) is 6.51. The van der Waals surface area contributed by atoms with E-state index in [9.17, 15) is 4.79 Å². The van der Waals surface area contributed by atoms with E-state index in [1.807, 2.05) is 25.1 Å². The van der Waals surface area contributed by atoms with Crippen LogP contribution in [0.5, 0.6) is 0 Å². The molecule has 0 fully saturated rings. The zero-order valence-electron chi connectivity index (χ0n) is 12.2. The van der Waals surface area contributed by atoms with E-state index in [2.05, 4.69) is 36.3 Å². The normalized spacial score (nSPS) is 11.4. The van der Waals surface area contributed by atoms with E-state index in [1.54, 1.807) is 6.07 Å². The third-order valence-electron chi connectivity index (χ3n) is 3.20. The summed E-state index contributed by atoms with van der Waals surface area (Å²) in [4.78, 5) is 12.2. The average molecular weight is 272 g/mol. The molecule has 0 unspecified atom stereocenters. The molecule has 1 aromatic heterocycles. The number of aryl methyl sites for hydroxylation is 1. The Labute approximate surface area is 118 Å². The molecule has 0 saturated heterocycles. The van der Waals surface area contributed by atoms with Crippen LogP contribution in [-0.4, -0.2) is 16.1 Å². The van der Waals surface area contributed by atoms with Crippen LogP contribution in [0.2, 0.25) is 0 Å². The van der Waals surface area contributed by atoms with E-state index < -0.39 is 0 Å². The number of para-hydroxylation sites is 1. The number of nitrogen functional groups attached to an aromatic ring is 1. The summed E-state index contributed by atoms with van der Waals surface area (Å²) in [6.45, 7) is 8.10. The molecule has 0 aliphatic carbocycles. The average Bonchev–Trinajstić information content (AvgIpc) is 2.81. The summed E-state index contributed by atoms with van der Waals surface area (Å²) >= 11 is 0. The Bertz CT molecular complexity index is 638. The number of nitrogens with two attached hydrogens (primary N) is 1. The zero-order valence-corrected chi connectivity index (χ0v) is 12.2. The number of carbonyl (C=O) groups excluding carboxylic acids is 1. The molecule has 0 spiro atoms. The summed E-state index contributed by atoms with van der Waals surface area (Å²) in [5, 5.41) is 9.79. The van der Waals surface area contributed by atoms with Gasteiger partial charge in [-0.05, 0) is 18.6 Å². The standard InChI is InChI=1S/C15H20N4O/c1-9-6-5-7-10(13(9)16)14(20)17-12-8-11(18-19-12)15(2,3)4/h5-8H,16H2,1-4H3,(H2,17,18,19,20). The molecule has 106 valence electrons. The molecule has 20 heavy (non-hydrogen) atoms. The lowest BCUT2D eigenvalue weighted by Crippen LogP contribution is -2.15. The highest BCUT2D eigenvalue weighted by atomic mass is 16.1. The fraction of sp³-hybridized carbons (Fsp3) is 0.333. The third-order valence-corrected chi connectivity index (χ3v) is 3.20. The van der Waals surface area contributed by atoms with Crippen molar-refractivity contribution >= 4 is 17.4 Å². The molecule has 5 nitrogen and oxygen atoms in total. The Morgan fingerprint density at radius 2 is 2.05 bits per heavy atom. The van der Waals surface area contributed by atoms with Crippen molar-refractivity contribution in [2.24, 2.45) is 0 Å². The van der Waals surface area contributed by atoms with Gasteiger partial charge in [0.25, 0.3) is 5.91 Å². The molecule has 0 radical (unpaired) electrons. The number of amides is 1. The van der Waals surface area contributed by atoms with Gasteiger partial charge in [0.1, 0.15) is 0 Å². The van der Waals surface area contributed by atoms with Gasteiger partial charge in [-0.2, -0.15) is 5.10 Å². The fourth-order valence-electron chi connectivity index (χ4n) is 1.83. The van der Waals surface area contributed by atoms with Crippen molar-refractivity contribution in [3.63, 3.8) is 0 Å². The molecule has 0 aliphatic heterocycles. The molecule has 4 N–H and O–H groups in total. The molecule has 0 aliphatic rings. The number of aromatic nitrogens is 2. The predicted octanol–water partition coefficient (Wildman–Crippen LogP) is 2.85. The van der Waals surface area contributed by atoms with Crippen molar-refractivity contribution in [1.82, 2.24) is 10.2 Å². The summed E-state index contributed by atoms with van der Waals surface area (Å²) in [5.41, 5.74) is 8.69. The lowest BCUT2D eigenvalue weighted by Gasteiger charge is -2.14. The molecule has 0 atom stereocenters. The number of carbonyl (C=O) groups is 1. The molecule has 1 amide bonds. The van der Waals surface area contributed by atoms with Gasteiger partial charge in [0.05, 0.1) is 5.56 Å². The van der Waals surface area contributed by atoms with Crippen molar-refractivity contribution in [2.45, 2.75) is 33.1 Å². The van der Waals surface area contributed by atoms with Crippen LogP contribution >= 0.6 is 0 Å². The summed E-state index contributed by atoms with van der Waals surface area (Å²) in [6, 6.07) is 7.23. The van der Waals surface area contributed by atoms with Crippen LogP contribution in [0.1, 0.15) is 42.4 Å². The molecule has 1 heterocycles. The van der Waals surface area contributed by atoms with Crippen molar-refractivity contribution in [3.8, 4) is 0 Å². The molecule has 1 aromatic carbocycles. The number of nitrogens with zero attached hydrogens (tertiary/aromatic N) is 1. The van der Waals surface area contributed by atoms with Crippen molar-refractivity contribution < 1.29 is 4.79 Å². The molecule has 0 saturated carbocycles. The summed E-state index contributed by atoms with van der Waals surface area (Å²) in [5.74, 6) is 0.249. The van der Waals surface area contributed by atoms with E-state index >= 15 is 0 Å². The van der Waals surface area contributed by atoms with Gasteiger partial charge in [0, 0.05) is 22.9 Å². The van der Waals surface area contributed by atoms with Crippen LogP contribution in [-0.2, 0) is 5.41 Å². The Balaban J connectivity index is 2.20. The Hall–Kier alpha value is -2.30. The number of benzene rings is 1. The van der Waals surface area contributed by atoms with Crippen LogP contribution in [0.25, 0.3) is 0 Å². The van der Waals surface area contributed by atoms with Crippen molar-refractivity contribution in [2.75, 3.05) is 11.1 Å². The SMILES string of the molecule is Cc1cccc(C(=O)Nc2cc(C(C)(C)C)[nH]n2)c1N. The first kappa shape index (κ1) is 14.1. The minimum absolute atomic E-state index is 0.0433. The van der Waals surface area contributed by atoms with Gasteiger partial charge in [-0.3, -0.25) is 9.89 Å². The van der Waals surface area contributed by atoms with Gasteiger partial charge < -0.3 is 11.1 Å². The molecule has 2 rings (SSSR count). The van der Waals surface area contributed by atoms with E-state index in [0.29, 0.717) is 17.1 Å². The number of hydrogen-bond acceptors (Lipinski definition) is 3. The smallest absolute Gasteiger partial charge is 0.258 e.